The third-order valence-corrected chi connectivity index (χ3v) is 4.39. The Morgan fingerprint density at radius 2 is 1.95 bits per heavy atom. The summed E-state index contributed by atoms with van der Waals surface area (Å²) in [7, 11) is 0. The molecule has 0 bridgehead atoms. The van der Waals surface area contributed by atoms with Gasteiger partial charge in [-0.2, -0.15) is 0 Å². The molecule has 1 aliphatic carbocycles. The molecular weight excluding hydrogens is 232 g/mol. The Morgan fingerprint density at radius 3 is 2.58 bits per heavy atom. The van der Waals surface area contributed by atoms with Gasteiger partial charge >= 0.3 is 0 Å². The number of hydrogen-bond acceptors (Lipinski definition) is 2. The topological polar surface area (TPSA) is 38.0 Å². The molecule has 1 aromatic carbocycles. The molecule has 1 saturated carbocycles. The minimum atomic E-state index is 0.421. The molecule has 3 N–H and O–H groups in total. The van der Waals surface area contributed by atoms with Gasteiger partial charge in [0.05, 0.1) is 0 Å². The van der Waals surface area contributed by atoms with Gasteiger partial charge in [0.1, 0.15) is 0 Å². The van der Waals surface area contributed by atoms with E-state index in [1.54, 1.807) is 0 Å². The molecule has 0 radical (unpaired) electrons. The quantitative estimate of drug-likeness (QED) is 0.481. The molecule has 0 heterocycles. The summed E-state index contributed by atoms with van der Waals surface area (Å²) < 4.78 is 0. The zero-order chi connectivity index (χ0) is 13.5. The summed E-state index contributed by atoms with van der Waals surface area (Å²) in [5.41, 5.74) is 5.77. The standard InChI is InChI=1S/C17H28N2/c1-14-7-6-10-16(11-14)13-17(19-18)12-15-8-4-2-3-5-9-15/h6-7,10-11,15,17,19H,2-5,8-9,12-13,18H2,1H3. The van der Waals surface area contributed by atoms with Crippen molar-refractivity contribution >= 4 is 0 Å². The van der Waals surface area contributed by atoms with E-state index in [1.165, 1.54) is 56.1 Å². The molecule has 0 spiro atoms. The van der Waals surface area contributed by atoms with Gasteiger partial charge in [-0.25, -0.2) is 0 Å². The van der Waals surface area contributed by atoms with Crippen LogP contribution in [0.5, 0.6) is 0 Å². The molecule has 2 nitrogen and oxygen atoms in total. The van der Waals surface area contributed by atoms with Crippen LogP contribution in [0.15, 0.2) is 24.3 Å². The molecule has 1 fully saturated rings. The molecule has 1 atom stereocenters. The predicted molar refractivity (Wildman–Crippen MR) is 81.8 cm³/mol. The van der Waals surface area contributed by atoms with E-state index in [0.717, 1.165) is 12.3 Å². The second-order valence-electron chi connectivity index (χ2n) is 6.15. The van der Waals surface area contributed by atoms with Crippen LogP contribution >= 0.6 is 0 Å². The molecule has 106 valence electrons. The Labute approximate surface area is 117 Å². The summed E-state index contributed by atoms with van der Waals surface area (Å²) in [6, 6.07) is 9.20. The van der Waals surface area contributed by atoms with Gasteiger partial charge in [-0.15, -0.1) is 0 Å². The maximum absolute atomic E-state index is 5.76. The summed E-state index contributed by atoms with van der Waals surface area (Å²) in [6.45, 7) is 2.15. The second-order valence-corrected chi connectivity index (χ2v) is 6.15. The van der Waals surface area contributed by atoms with E-state index in [9.17, 15) is 0 Å². The van der Waals surface area contributed by atoms with Crippen molar-refractivity contribution in [1.82, 2.24) is 5.43 Å². The first-order chi connectivity index (χ1) is 9.28. The average Bonchev–Trinajstić information content (AvgIpc) is 2.66. The number of aryl methyl sites for hydroxylation is 1. The third-order valence-electron chi connectivity index (χ3n) is 4.39. The molecule has 0 amide bonds. The van der Waals surface area contributed by atoms with Crippen molar-refractivity contribution in [2.24, 2.45) is 11.8 Å². The van der Waals surface area contributed by atoms with E-state index in [1.807, 2.05) is 0 Å². The van der Waals surface area contributed by atoms with Gasteiger partial charge in [0, 0.05) is 6.04 Å². The Bertz CT molecular complexity index is 367. The first-order valence-corrected chi connectivity index (χ1v) is 7.79. The van der Waals surface area contributed by atoms with Gasteiger partial charge in [-0.05, 0) is 31.2 Å². The predicted octanol–water partition coefficient (Wildman–Crippen LogP) is 3.73. The monoisotopic (exact) mass is 260 g/mol. The van der Waals surface area contributed by atoms with Gasteiger partial charge in [-0.3, -0.25) is 11.3 Å². The highest BCUT2D eigenvalue weighted by molar-refractivity contribution is 5.22. The normalized spacial score (nSPS) is 19.1. The van der Waals surface area contributed by atoms with Crippen molar-refractivity contribution in [2.45, 2.75) is 64.3 Å². The van der Waals surface area contributed by atoms with Gasteiger partial charge in [0.25, 0.3) is 0 Å². The van der Waals surface area contributed by atoms with E-state index in [2.05, 4.69) is 36.6 Å². The highest BCUT2D eigenvalue weighted by Crippen LogP contribution is 2.27. The summed E-state index contributed by atoms with van der Waals surface area (Å²) in [5, 5.41) is 0. The fourth-order valence-electron chi connectivity index (χ4n) is 3.34. The summed E-state index contributed by atoms with van der Waals surface area (Å²) in [4.78, 5) is 0. The van der Waals surface area contributed by atoms with Gasteiger partial charge in [0.15, 0.2) is 0 Å². The van der Waals surface area contributed by atoms with Crippen molar-refractivity contribution in [3.63, 3.8) is 0 Å². The van der Waals surface area contributed by atoms with Crippen LogP contribution in [-0.4, -0.2) is 6.04 Å². The van der Waals surface area contributed by atoms with Crippen LogP contribution in [0.25, 0.3) is 0 Å². The van der Waals surface area contributed by atoms with E-state index in [-0.39, 0.29) is 0 Å². The number of rotatable bonds is 5. The Balaban J connectivity index is 1.88. The van der Waals surface area contributed by atoms with E-state index < -0.39 is 0 Å². The Morgan fingerprint density at radius 1 is 1.21 bits per heavy atom. The third kappa shape index (κ3) is 4.96. The maximum Gasteiger partial charge on any atom is 0.0253 e. The van der Waals surface area contributed by atoms with Crippen molar-refractivity contribution < 1.29 is 0 Å². The van der Waals surface area contributed by atoms with Crippen LogP contribution < -0.4 is 11.3 Å². The van der Waals surface area contributed by atoms with Gasteiger partial charge < -0.3 is 0 Å². The first-order valence-electron chi connectivity index (χ1n) is 7.79. The fourth-order valence-corrected chi connectivity index (χ4v) is 3.34. The highest BCUT2D eigenvalue weighted by Gasteiger charge is 2.17. The molecule has 2 heteroatoms. The summed E-state index contributed by atoms with van der Waals surface area (Å²) >= 11 is 0. The van der Waals surface area contributed by atoms with Crippen LogP contribution in [0.1, 0.15) is 56.1 Å². The first kappa shape index (κ1) is 14.5. The number of benzene rings is 1. The molecule has 2 rings (SSSR count). The van der Waals surface area contributed by atoms with Crippen LogP contribution in [0.4, 0.5) is 0 Å². The zero-order valence-electron chi connectivity index (χ0n) is 12.2. The van der Waals surface area contributed by atoms with Gasteiger partial charge in [0.2, 0.25) is 0 Å². The SMILES string of the molecule is Cc1cccc(CC(CC2CCCCCC2)NN)c1. The lowest BCUT2D eigenvalue weighted by Gasteiger charge is -2.22. The minimum Gasteiger partial charge on any atom is -0.271 e. The van der Waals surface area contributed by atoms with Crippen LogP contribution in [-0.2, 0) is 6.42 Å². The van der Waals surface area contributed by atoms with E-state index in [4.69, 9.17) is 5.84 Å². The summed E-state index contributed by atoms with van der Waals surface area (Å²) in [5.74, 6) is 6.63. The van der Waals surface area contributed by atoms with Crippen molar-refractivity contribution in [3.8, 4) is 0 Å². The lowest BCUT2D eigenvalue weighted by Crippen LogP contribution is -2.38. The van der Waals surface area contributed by atoms with E-state index >= 15 is 0 Å². The Hall–Kier alpha value is -0.860. The fraction of sp³-hybridized carbons (Fsp3) is 0.647. The van der Waals surface area contributed by atoms with Crippen molar-refractivity contribution in [2.75, 3.05) is 0 Å². The van der Waals surface area contributed by atoms with Crippen molar-refractivity contribution in [3.05, 3.63) is 35.4 Å². The molecular formula is C17H28N2. The number of hydrazine groups is 1. The van der Waals surface area contributed by atoms with Crippen LogP contribution in [0, 0.1) is 12.8 Å². The smallest absolute Gasteiger partial charge is 0.0253 e. The Kier molecular flexibility index (Phi) is 5.87. The van der Waals surface area contributed by atoms with Gasteiger partial charge in [-0.1, -0.05) is 68.4 Å². The number of nitrogens with one attached hydrogen (secondary N) is 1. The molecule has 1 aliphatic rings. The van der Waals surface area contributed by atoms with Crippen LogP contribution in [0.2, 0.25) is 0 Å². The lowest BCUT2D eigenvalue weighted by molar-refractivity contribution is 0.352. The second kappa shape index (κ2) is 7.66. The zero-order valence-corrected chi connectivity index (χ0v) is 12.2. The molecule has 19 heavy (non-hydrogen) atoms. The molecule has 1 unspecified atom stereocenters. The largest absolute Gasteiger partial charge is 0.271 e. The molecule has 0 aromatic heterocycles. The minimum absolute atomic E-state index is 0.421. The summed E-state index contributed by atoms with van der Waals surface area (Å²) in [6.07, 6.45) is 10.7. The maximum atomic E-state index is 5.76. The molecule has 1 aromatic rings. The number of nitrogens with two attached hydrogens (primary N) is 1. The average molecular weight is 260 g/mol. The molecule has 0 aliphatic heterocycles. The van der Waals surface area contributed by atoms with Crippen molar-refractivity contribution in [1.29, 1.82) is 0 Å². The lowest BCUT2D eigenvalue weighted by atomic mass is 9.90. The van der Waals surface area contributed by atoms with E-state index in [0.29, 0.717) is 6.04 Å². The number of hydrogen-bond donors (Lipinski definition) is 2. The molecule has 0 saturated heterocycles. The van der Waals surface area contributed by atoms with Crippen LogP contribution in [0.3, 0.4) is 0 Å². The highest BCUT2D eigenvalue weighted by atomic mass is 15.2.